The van der Waals surface area contributed by atoms with Gasteiger partial charge in [0.05, 0.1) is 69.7 Å². The molecule has 6 aromatic heterocycles. The van der Waals surface area contributed by atoms with E-state index in [-0.39, 0.29) is 17.5 Å². The molecule has 6 heterocycles. The highest BCUT2D eigenvalue weighted by Crippen LogP contribution is 2.38. The number of pyridine rings is 3. The Morgan fingerprint density at radius 2 is 0.887 bits per heavy atom. The maximum atomic E-state index is 14.9. The number of halogens is 9. The number of aromatic amines is 2. The first-order valence-electron chi connectivity index (χ1n) is 24.7. The number of hydrogen-bond donors (Lipinski definition) is 2. The van der Waals surface area contributed by atoms with Crippen LogP contribution >= 0.6 is 82.6 Å². The van der Waals surface area contributed by atoms with Crippen LogP contribution in [0.1, 0.15) is 0 Å². The van der Waals surface area contributed by atoms with Gasteiger partial charge in [0.25, 0.3) is 0 Å². The largest absolute Gasteiger partial charge is 0.361 e. The molecule has 6 aromatic carbocycles. The van der Waals surface area contributed by atoms with E-state index in [0.29, 0.717) is 79.3 Å². The number of fused-ring (bicyclic) bond motifs is 3. The van der Waals surface area contributed by atoms with Gasteiger partial charge in [0.1, 0.15) is 24.2 Å². The first kappa shape index (κ1) is 56.7. The van der Waals surface area contributed by atoms with Crippen molar-refractivity contribution in [3.05, 3.63) is 211 Å². The van der Waals surface area contributed by atoms with Gasteiger partial charge in [0.15, 0.2) is 0 Å². The summed E-state index contributed by atoms with van der Waals surface area (Å²) in [6.45, 7) is 7.89. The van der Waals surface area contributed by atoms with Crippen LogP contribution in [-0.2, 0) is 11.5 Å². The maximum Gasteiger partial charge on any atom is 0.132 e. The van der Waals surface area contributed by atoms with Crippen molar-refractivity contribution in [2.75, 3.05) is 6.61 Å². The Bertz CT molecular complexity index is 4080. The number of rotatable bonds is 11. The molecule has 0 saturated heterocycles. The second-order valence-electron chi connectivity index (χ2n) is 19.6. The summed E-state index contributed by atoms with van der Waals surface area (Å²) < 4.78 is 53.8. The molecule has 0 aliphatic carbocycles. The van der Waals surface area contributed by atoms with Crippen molar-refractivity contribution in [1.29, 1.82) is 0 Å². The van der Waals surface area contributed by atoms with E-state index >= 15 is 0 Å². The number of imidazole rings is 3. The van der Waals surface area contributed by atoms with E-state index in [2.05, 4.69) is 107 Å². The molecule has 0 aliphatic rings. The molecule has 0 aliphatic heterocycles. The smallest absolute Gasteiger partial charge is 0.132 e. The van der Waals surface area contributed by atoms with Crippen molar-refractivity contribution >= 4 is 123 Å². The maximum absolute atomic E-state index is 14.9. The second-order valence-corrected chi connectivity index (χ2v) is 29.2. The Morgan fingerprint density at radius 3 is 1.31 bits per heavy atom. The van der Waals surface area contributed by atoms with Gasteiger partial charge in [0, 0.05) is 111 Å². The van der Waals surface area contributed by atoms with E-state index < -0.39 is 8.07 Å². The van der Waals surface area contributed by atoms with Crippen molar-refractivity contribution in [2.24, 2.45) is 0 Å². The number of ether oxygens (including phenoxy) is 1. The minimum absolute atomic E-state index is 0.291. The first-order chi connectivity index (χ1) is 38.4. The average Bonchev–Trinajstić information content (AvgIpc) is 4.43. The van der Waals surface area contributed by atoms with Crippen LogP contribution in [0.3, 0.4) is 0 Å². The summed E-state index contributed by atoms with van der Waals surface area (Å²) in [6, 6.07) is 38.1. The molecule has 0 atom stereocenters. The predicted octanol–water partition coefficient (Wildman–Crippen LogP) is 19.3. The molecule has 0 amide bonds. The topological polar surface area (TPSA) is 123 Å². The molecule has 0 fully saturated rings. The number of H-pyrrole nitrogens is 2. The first-order valence-corrected chi connectivity index (χ1v) is 31.9. The third-order valence-corrected chi connectivity index (χ3v) is 16.4. The lowest BCUT2D eigenvalue weighted by molar-refractivity contribution is 0.0882. The van der Waals surface area contributed by atoms with Crippen LogP contribution in [0.25, 0.3) is 100 Å². The summed E-state index contributed by atoms with van der Waals surface area (Å²) in [4.78, 5) is 32.5. The van der Waals surface area contributed by atoms with E-state index in [9.17, 15) is 13.2 Å². The van der Waals surface area contributed by atoms with Gasteiger partial charge in [-0.3, -0.25) is 15.0 Å². The summed E-state index contributed by atoms with van der Waals surface area (Å²) in [6.07, 6.45) is 10.1. The van der Waals surface area contributed by atoms with Gasteiger partial charge in [-0.1, -0.05) is 72.6 Å². The summed E-state index contributed by atoms with van der Waals surface area (Å²) in [5.74, 6) is -1.06. The van der Waals surface area contributed by atoms with Crippen molar-refractivity contribution < 1.29 is 17.9 Å². The fraction of sp³-hybridized carbons (Fsp3) is 0.100. The molecule has 0 radical (unpaired) electrons. The van der Waals surface area contributed by atoms with Crippen LogP contribution in [0.2, 0.25) is 40.8 Å². The zero-order valence-electron chi connectivity index (χ0n) is 42.7. The molecule has 12 aromatic rings. The van der Waals surface area contributed by atoms with Crippen molar-refractivity contribution in [3.63, 3.8) is 0 Å². The van der Waals surface area contributed by atoms with Gasteiger partial charge in [0.2, 0.25) is 0 Å². The Balaban J connectivity index is 0.000000137. The normalized spacial score (nSPS) is 11.4. The van der Waals surface area contributed by atoms with Crippen LogP contribution in [0.4, 0.5) is 13.2 Å². The fourth-order valence-electron chi connectivity index (χ4n) is 8.77. The molecule has 20 heteroatoms. The summed E-state index contributed by atoms with van der Waals surface area (Å²) in [5, 5.41) is 4.32. The van der Waals surface area contributed by atoms with Gasteiger partial charge in [-0.25, -0.2) is 28.1 Å². The van der Waals surface area contributed by atoms with Crippen molar-refractivity contribution in [2.45, 2.75) is 32.4 Å². The van der Waals surface area contributed by atoms with Crippen LogP contribution in [0.5, 0.6) is 0 Å². The van der Waals surface area contributed by atoms with Gasteiger partial charge in [-0.2, -0.15) is 0 Å². The zero-order chi connectivity index (χ0) is 56.2. The molecular weight excluding hydrogens is 1290 g/mol. The van der Waals surface area contributed by atoms with E-state index in [1.807, 2.05) is 77.4 Å². The molecule has 0 saturated carbocycles. The third kappa shape index (κ3) is 13.3. The van der Waals surface area contributed by atoms with E-state index in [1.165, 1.54) is 30.3 Å². The number of nitrogens with one attached hydrogen (secondary N) is 2. The number of hydrogen-bond acceptors (Lipinski definition) is 7. The van der Waals surface area contributed by atoms with Gasteiger partial charge in [-0.15, -0.1) is 0 Å². The molecule has 0 spiro atoms. The van der Waals surface area contributed by atoms with Crippen molar-refractivity contribution in [1.82, 2.24) is 44.4 Å². The molecule has 10 nitrogen and oxygen atoms in total. The molecule has 402 valence electrons. The third-order valence-electron chi connectivity index (χ3n) is 12.7. The molecule has 0 unspecified atom stereocenters. The lowest BCUT2D eigenvalue weighted by atomic mass is 10.0. The molecule has 80 heavy (non-hydrogen) atoms. The van der Waals surface area contributed by atoms with E-state index in [1.54, 1.807) is 61.8 Å². The predicted molar refractivity (Wildman–Crippen MR) is 330 cm³/mol. The Morgan fingerprint density at radius 1 is 0.487 bits per heavy atom. The molecule has 2 N–H and O–H groups in total. The van der Waals surface area contributed by atoms with E-state index in [0.717, 1.165) is 68.9 Å². The van der Waals surface area contributed by atoms with Crippen LogP contribution in [0, 0.1) is 17.5 Å². The Kier molecular flexibility index (Phi) is 17.5. The Hall–Kier alpha value is -6.54. The monoisotopic (exact) mass is 1330 g/mol. The number of nitrogens with zero attached hydrogens (tertiary/aromatic N) is 7. The molecular formula is C60H44Br3Cl3F3N9OSi. The van der Waals surface area contributed by atoms with Crippen LogP contribution < -0.4 is 0 Å². The van der Waals surface area contributed by atoms with Crippen molar-refractivity contribution in [3.8, 4) is 67.5 Å². The highest BCUT2D eigenvalue weighted by molar-refractivity contribution is 9.11. The van der Waals surface area contributed by atoms with Crippen LogP contribution in [0.15, 0.2) is 178 Å². The van der Waals surface area contributed by atoms with Crippen LogP contribution in [-0.4, -0.2) is 59.1 Å². The minimum Gasteiger partial charge on any atom is -0.361 e. The fourth-order valence-corrected chi connectivity index (χ4v) is 11.1. The lowest BCUT2D eigenvalue weighted by Gasteiger charge is -2.16. The quantitative estimate of drug-likeness (QED) is 0.0977. The molecule has 0 bridgehead atoms. The summed E-state index contributed by atoms with van der Waals surface area (Å²) in [5.41, 5.74) is 10.3. The SMILES string of the molecule is C[Si](C)(C)CCOCn1cnc(-c2ccc3ncc(Br)cc3c2)c1-c1cc(Cl)ccc1F.Fc1ccc(Cl)cc1-c1[nH]cnc1-c1ccc2ncc(Br)cc2c1.Fc1ccc(Cl)cc1-c1[nH]cnc1-c1ccc2ncc(Br)cc2c1. The minimum atomic E-state index is -1.20. The highest BCUT2D eigenvalue weighted by Gasteiger charge is 2.21. The zero-order valence-corrected chi connectivity index (χ0v) is 50.7. The lowest BCUT2D eigenvalue weighted by Crippen LogP contribution is -2.22. The summed E-state index contributed by atoms with van der Waals surface area (Å²) >= 11 is 28.6. The molecule has 12 rings (SSSR count). The van der Waals surface area contributed by atoms with Gasteiger partial charge >= 0.3 is 0 Å². The second kappa shape index (κ2) is 24.7. The number of benzene rings is 6. The average molecular weight is 1340 g/mol. The number of aromatic nitrogens is 9. The Labute approximate surface area is 499 Å². The standard InChI is InChI=1S/C24H24BrClFN3OSi.2C18H10BrClFN3/c1-32(2,3)9-8-31-15-30-14-29-23(24(30)20-12-19(26)5-6-21(20)27)16-4-7-22-17(10-16)11-18(25)13-28-22;2*19-12-6-11-5-10(1-4-16(11)22-8-12)17-18(24-9-23-17)14-7-13(20)2-3-15(14)21/h4-7,10-14H,8-9,15H2,1-3H3;2*1-9H,(H,23,24). The van der Waals surface area contributed by atoms with E-state index in [4.69, 9.17) is 39.5 Å². The highest BCUT2D eigenvalue weighted by atomic mass is 79.9. The summed E-state index contributed by atoms with van der Waals surface area (Å²) in [7, 11) is -1.20. The van der Waals surface area contributed by atoms with Gasteiger partial charge < -0.3 is 19.3 Å². The van der Waals surface area contributed by atoms with Gasteiger partial charge in [-0.05, 0) is 163 Å².